The number of hydrogen-bond acceptors (Lipinski definition) is 6. The second-order valence-electron chi connectivity index (χ2n) is 12.3. The van der Waals surface area contributed by atoms with Gasteiger partial charge >= 0.3 is 414 Å². The molecule has 0 saturated carbocycles. The Morgan fingerprint density at radius 3 is 0.717 bits per heavy atom. The van der Waals surface area contributed by atoms with Gasteiger partial charge in [-0.1, -0.05) is 0 Å². The van der Waals surface area contributed by atoms with Crippen LogP contribution in [-0.4, -0.2) is 129 Å². The first kappa shape index (κ1) is 47.1. The minimum atomic E-state index is -5.17. The molecule has 13 heteroatoms. The molecule has 0 amide bonds. The van der Waals surface area contributed by atoms with Crippen LogP contribution in [0.1, 0.15) is 0 Å². The fourth-order valence-corrected chi connectivity index (χ4v) is 12.8. The van der Waals surface area contributed by atoms with Gasteiger partial charge in [-0.05, 0) is 0 Å². The number of benzene rings is 8. The van der Waals surface area contributed by atoms with E-state index in [1.165, 1.54) is 73.9 Å². The summed E-state index contributed by atoms with van der Waals surface area (Å²) in [7, 11) is -5.17. The van der Waals surface area contributed by atoms with E-state index < -0.39 is 10.4 Å². The summed E-state index contributed by atoms with van der Waals surface area (Å²) in [6.07, 6.45) is 0. The van der Waals surface area contributed by atoms with Crippen LogP contribution in [0.5, 0.6) is 0 Å². The molecule has 0 fully saturated rings. The van der Waals surface area contributed by atoms with Crippen LogP contribution in [0.25, 0.3) is 43.1 Å². The molecule has 0 aromatic heterocycles. The van der Waals surface area contributed by atoms with Crippen LogP contribution in [0.15, 0.2) is 165 Å². The van der Waals surface area contributed by atoms with Crippen molar-refractivity contribution in [3.05, 3.63) is 146 Å². The van der Waals surface area contributed by atoms with Crippen LogP contribution in [0.3, 0.4) is 0 Å². The number of rotatable bonds is 4. The van der Waals surface area contributed by atoms with Crippen molar-refractivity contribution in [2.75, 3.05) is 0 Å². The maximum absolute atomic E-state index is 8.52. The zero-order valence-corrected chi connectivity index (χ0v) is 45.2. The van der Waals surface area contributed by atoms with Gasteiger partial charge in [0.05, 0.1) is 0 Å². The summed E-state index contributed by atoms with van der Waals surface area (Å²) in [6.45, 7) is 0. The standard InChI is InChI=1S/2C20H12S.6Na.H2O4S/c2*1-3-11-17-15(7-1)9-5-13-19(17)21-20-14-6-10-16-8-2-4-12-18(16)20;;;;;;;1-5(2,3)4/h2*1-10,13-14H;;;;;;;(H2,1,2,3,4)/q;;;;;;2*+1;/p-2. The first-order chi connectivity index (χ1) is 24.5. The van der Waals surface area contributed by atoms with Gasteiger partial charge < -0.3 is 9.11 Å². The summed E-state index contributed by atoms with van der Waals surface area (Å²) in [4.78, 5) is 5.52. The van der Waals surface area contributed by atoms with Crippen LogP contribution in [-0.2, 0) is 10.4 Å². The molecule has 4 nitrogen and oxygen atoms in total. The molecule has 0 atom stereocenters. The Bertz CT molecular complexity index is 2290. The van der Waals surface area contributed by atoms with Gasteiger partial charge in [0.25, 0.3) is 0 Å². The molecule has 0 radical (unpaired) electrons. The third-order valence-corrected chi connectivity index (χ3v) is 14.3. The summed E-state index contributed by atoms with van der Waals surface area (Å²) >= 11 is 8.15. The minimum absolute atomic E-state index is 0. The van der Waals surface area contributed by atoms with Crippen molar-refractivity contribution in [2.24, 2.45) is 0 Å². The molecule has 0 spiro atoms. The van der Waals surface area contributed by atoms with Crippen molar-refractivity contribution in [1.82, 2.24) is 0 Å². The van der Waals surface area contributed by atoms with E-state index in [-0.39, 0.29) is 59.1 Å². The first-order valence-electron chi connectivity index (χ1n) is 16.4. The molecule has 0 aliphatic carbocycles. The second kappa shape index (κ2) is 22.1. The topological polar surface area (TPSA) is 80.3 Å². The number of fused-ring (bicyclic) bond motifs is 4. The molecule has 232 valence electrons. The van der Waals surface area contributed by atoms with Gasteiger partial charge in [0.1, 0.15) is 0 Å². The van der Waals surface area contributed by atoms with Gasteiger partial charge in [-0.3, -0.25) is 8.42 Å². The van der Waals surface area contributed by atoms with Crippen molar-refractivity contribution in [3.8, 4) is 0 Å². The van der Waals surface area contributed by atoms with Gasteiger partial charge in [-0.15, -0.1) is 0 Å². The van der Waals surface area contributed by atoms with Crippen molar-refractivity contribution in [3.63, 3.8) is 0 Å². The zero-order valence-electron chi connectivity index (χ0n) is 30.7. The molecule has 8 aromatic carbocycles. The van der Waals surface area contributed by atoms with Crippen molar-refractivity contribution >= 4 is 200 Å². The van der Waals surface area contributed by atoms with Crippen LogP contribution >= 0.6 is 23.5 Å². The molecule has 0 heterocycles. The van der Waals surface area contributed by atoms with Gasteiger partial charge in [-0.2, -0.15) is 0 Å². The summed E-state index contributed by atoms with van der Waals surface area (Å²) in [5, 5.41) is 11.2. The van der Waals surface area contributed by atoms with E-state index in [4.69, 9.17) is 17.5 Å². The fourth-order valence-electron chi connectivity index (χ4n) is 6.53. The van der Waals surface area contributed by atoms with E-state index >= 15 is 0 Å². The fraction of sp³-hybridized carbons (Fsp3) is 0. The molecule has 0 aliphatic rings. The van der Waals surface area contributed by atoms with Crippen LogP contribution < -0.4 is 70.4 Å². The van der Waals surface area contributed by atoms with Gasteiger partial charge in [-0.25, -0.2) is 0 Å². The third-order valence-electron chi connectivity index (χ3n) is 8.74. The Kier molecular flexibility index (Phi) is 19.6. The molecule has 0 aliphatic heterocycles. The number of hydrogen-bond donors (Lipinski definition) is 0. The Labute approximate surface area is 433 Å². The first-order valence-corrected chi connectivity index (χ1v) is 23.4. The van der Waals surface area contributed by atoms with Gasteiger partial charge in [0, 0.05) is 10.4 Å². The van der Waals surface area contributed by atoms with E-state index in [9.17, 15) is 0 Å². The Hall–Kier alpha value is 1.37. The van der Waals surface area contributed by atoms with E-state index in [1.54, 1.807) is 0 Å². The molecule has 0 saturated heterocycles. The molecular weight excluding hydrogens is 779 g/mol. The van der Waals surface area contributed by atoms with Gasteiger partial charge in [0.2, 0.25) is 0 Å². The van der Waals surface area contributed by atoms with Crippen molar-refractivity contribution < 1.29 is 76.6 Å². The molecule has 8 rings (SSSR count). The molecule has 0 unspecified atom stereocenters. The second-order valence-corrected chi connectivity index (χ2v) is 19.6. The van der Waals surface area contributed by atoms with Crippen molar-refractivity contribution in [1.29, 1.82) is 0 Å². The van der Waals surface area contributed by atoms with Crippen LogP contribution in [0, 0.1) is 0 Å². The average Bonchev–Trinajstić information content (AvgIpc) is 3.09. The average molecular weight is 803 g/mol. The zero-order chi connectivity index (χ0) is 36.1. The predicted octanol–water partition coefficient (Wildman–Crippen LogP) is 0.134. The normalized spacial score (nSPS) is 10.9. The van der Waals surface area contributed by atoms with Crippen molar-refractivity contribution in [2.45, 2.75) is 19.6 Å². The molecule has 8 aromatic rings. The van der Waals surface area contributed by atoms with E-state index in [1.807, 2.05) is 23.5 Å². The van der Waals surface area contributed by atoms with Crippen LogP contribution in [0.4, 0.5) is 0 Å². The SMILES string of the molecule is O=S(=O)([O-])[O-].[Na+].[Na+].[Na][c]1cccc2cccc(Sc3cccc4ccc[c]([Na])c34)c12.[Na][c]1cccc2cccc(Sc3cccc4ccc[c]([Na])c34)c12. The van der Waals surface area contributed by atoms with Crippen LogP contribution in [0.2, 0.25) is 0 Å². The quantitative estimate of drug-likeness (QED) is 0.143. The summed E-state index contributed by atoms with van der Waals surface area (Å²) < 4.78 is 40.0. The molecule has 53 heavy (non-hydrogen) atoms. The third kappa shape index (κ3) is 12.7. The molecule has 0 N–H and O–H groups in total. The molecular formula is C40H24Na6O4S3. The Morgan fingerprint density at radius 1 is 0.358 bits per heavy atom. The van der Waals surface area contributed by atoms with E-state index in [2.05, 4.69) is 146 Å². The summed E-state index contributed by atoms with van der Waals surface area (Å²) in [5.41, 5.74) is 0. The monoisotopic (exact) mass is 802 g/mol. The van der Waals surface area contributed by atoms with E-state index in [0.717, 1.165) is 112 Å². The predicted molar refractivity (Wildman–Crippen MR) is 216 cm³/mol. The van der Waals surface area contributed by atoms with Gasteiger partial charge in [0.15, 0.2) is 0 Å². The Balaban J connectivity index is 0.000000203. The summed E-state index contributed by atoms with van der Waals surface area (Å²) in [5.74, 6) is 0. The summed E-state index contributed by atoms with van der Waals surface area (Å²) in [6, 6.07) is 53.3. The Morgan fingerprint density at radius 2 is 0.528 bits per heavy atom. The maximum atomic E-state index is 8.52. The van der Waals surface area contributed by atoms with E-state index in [0.29, 0.717) is 0 Å². The molecule has 0 bridgehead atoms.